The molecule has 0 aromatic heterocycles. The fourth-order valence-electron chi connectivity index (χ4n) is 2.14. The smallest absolute Gasteiger partial charge is 0.0133 e. The van der Waals surface area contributed by atoms with Gasteiger partial charge in [-0.1, -0.05) is 4.32 Å². The Hall–Kier alpha value is 0.909. The molecule has 0 unspecified atom stereocenters. The Kier molecular flexibility index (Phi) is 21.8. The normalized spacial score (nSPS) is 9.76. The van der Waals surface area contributed by atoms with Crippen LogP contribution in [0.25, 0.3) is 0 Å². The maximum atomic E-state index is 4.76. The first-order chi connectivity index (χ1) is 10.1. The minimum Gasteiger partial charge on any atom is -0.411 e. The molecule has 0 saturated heterocycles. The molecule has 0 bridgehead atoms. The van der Waals surface area contributed by atoms with Crippen LogP contribution in [-0.4, -0.2) is 42.1 Å². The summed E-state index contributed by atoms with van der Waals surface area (Å²) in [5, 5.41) is 0. The molecule has 0 radical (unpaired) electrons. The molecular weight excluding hydrogens is 401 g/mol. The molecule has 0 aromatic carbocycles. The fourth-order valence-corrected chi connectivity index (χ4v) is 12.1. The van der Waals surface area contributed by atoms with Gasteiger partial charge in [-0.15, -0.1) is 0 Å². The molecule has 4 heteroatoms. The van der Waals surface area contributed by atoms with Crippen molar-refractivity contribution in [1.82, 2.24) is 4.90 Å². The molecule has 1 nitrogen and oxygen atoms in total. The fraction of sp³-hybridized carbons (Fsp3) is 0.941. The van der Waals surface area contributed by atoms with Crippen LogP contribution in [0.1, 0.15) is 73.1 Å². The maximum Gasteiger partial charge on any atom is 0.0133 e. The van der Waals surface area contributed by atoms with E-state index < -0.39 is 19.8 Å². The minimum absolute atomic E-state index is 0.579. The molecule has 0 aliphatic heterocycles. The van der Waals surface area contributed by atoms with Crippen LogP contribution in [0.3, 0.4) is 0 Å². The van der Waals surface area contributed by atoms with Gasteiger partial charge in [0.25, 0.3) is 0 Å². The summed E-state index contributed by atoms with van der Waals surface area (Å²) in [4.78, 5) is 1.96. The molecule has 0 atom stereocenters. The standard InChI is InChI=1S/C5H11NS2.3C4H9.Sn/c1-3-6(4-2)5(7)8;3*1-3-4-2;/h3-4H2,1-2H3,(H,7,8);3*1,3-4H2,2H3;/q;;;;+1/p-1. The molecule has 0 spiro atoms. The van der Waals surface area contributed by atoms with Crippen LogP contribution in [0.15, 0.2) is 0 Å². The van der Waals surface area contributed by atoms with Crippen LogP contribution >= 0.6 is 12.2 Å². The van der Waals surface area contributed by atoms with E-state index in [1.165, 1.54) is 38.5 Å². The minimum atomic E-state index is -0.839. The van der Waals surface area contributed by atoms with Crippen molar-refractivity contribution in [2.45, 2.75) is 86.5 Å². The molecule has 0 aliphatic carbocycles. The first-order valence-corrected chi connectivity index (χ1v) is 15.7. The number of nitrogens with zero attached hydrogens (tertiary/aromatic N) is 1. The van der Waals surface area contributed by atoms with Gasteiger partial charge in [0, 0.05) is 13.1 Å². The molecule has 0 amide bonds. The maximum absolute atomic E-state index is 4.76. The van der Waals surface area contributed by atoms with E-state index >= 15 is 0 Å². The summed E-state index contributed by atoms with van der Waals surface area (Å²) in [6, 6.07) is 0. The van der Waals surface area contributed by atoms with Crippen molar-refractivity contribution in [3.05, 3.63) is 0 Å². The first kappa shape index (κ1) is 24.2. The number of thiocarbonyl (C=S) groups is 1. The topological polar surface area (TPSA) is 3.24 Å². The van der Waals surface area contributed by atoms with E-state index in [1.54, 1.807) is 13.3 Å². The molecule has 0 saturated carbocycles. The van der Waals surface area contributed by atoms with Gasteiger partial charge in [-0.2, -0.15) is 0 Å². The van der Waals surface area contributed by atoms with Crippen molar-refractivity contribution < 1.29 is 0 Å². The predicted octanol–water partition coefficient (Wildman–Crippen LogP) is 6.04. The second-order valence-electron chi connectivity index (χ2n) is 5.50. The molecule has 0 aromatic rings. The Labute approximate surface area is 152 Å². The van der Waals surface area contributed by atoms with Crippen LogP contribution in [0, 0.1) is 0 Å². The van der Waals surface area contributed by atoms with Gasteiger partial charge in [-0.05, 0) is 13.8 Å². The molecule has 0 aliphatic rings. The van der Waals surface area contributed by atoms with E-state index in [-0.39, 0.29) is 0 Å². The number of hydrogen-bond donors (Lipinski definition) is 0. The Morgan fingerprint density at radius 2 is 1.14 bits per heavy atom. The third-order valence-electron chi connectivity index (χ3n) is 3.67. The van der Waals surface area contributed by atoms with Crippen molar-refractivity contribution in [3.63, 3.8) is 0 Å². The van der Waals surface area contributed by atoms with Crippen LogP contribution in [0.5, 0.6) is 0 Å². The molecule has 0 heterocycles. The van der Waals surface area contributed by atoms with Crippen LogP contribution in [-0.2, 0) is 12.6 Å². The predicted molar refractivity (Wildman–Crippen MR) is 108 cm³/mol. The molecule has 0 rings (SSSR count). The second kappa shape index (κ2) is 19.0. The van der Waals surface area contributed by atoms with E-state index in [9.17, 15) is 0 Å². The summed E-state index contributed by atoms with van der Waals surface area (Å²) in [5.41, 5.74) is 0. The summed E-state index contributed by atoms with van der Waals surface area (Å²) in [7, 11) is 0. The number of rotatable bonds is 11. The molecule has 21 heavy (non-hydrogen) atoms. The van der Waals surface area contributed by atoms with Crippen molar-refractivity contribution in [1.29, 1.82) is 0 Å². The summed E-state index contributed by atoms with van der Waals surface area (Å²) >= 11 is 8.67. The van der Waals surface area contributed by atoms with Gasteiger partial charge in [-0.25, -0.2) is 0 Å². The second-order valence-corrected chi connectivity index (χ2v) is 15.1. The van der Waals surface area contributed by atoms with E-state index in [0.29, 0.717) is 4.32 Å². The van der Waals surface area contributed by atoms with Gasteiger partial charge in [-0.3, -0.25) is 0 Å². The molecule has 126 valence electrons. The summed E-state index contributed by atoms with van der Waals surface area (Å²) in [6.45, 7) is 12.9. The van der Waals surface area contributed by atoms with Gasteiger partial charge in [0.2, 0.25) is 0 Å². The monoisotopic (exact) mass is 439 g/mol. The van der Waals surface area contributed by atoms with Gasteiger partial charge in [0.15, 0.2) is 0 Å². The zero-order chi connectivity index (χ0) is 16.5. The number of unbranched alkanes of at least 4 members (excludes halogenated alkanes) is 3. The summed E-state index contributed by atoms with van der Waals surface area (Å²) in [5.74, 6) is 0. The van der Waals surface area contributed by atoms with Gasteiger partial charge in [0.05, 0.1) is 0 Å². The summed E-state index contributed by atoms with van der Waals surface area (Å²) in [6.07, 6.45) is 8.85. The Balaban J connectivity index is 0. The van der Waals surface area contributed by atoms with Crippen molar-refractivity contribution in [2.24, 2.45) is 0 Å². The molecule has 0 fully saturated rings. The van der Waals surface area contributed by atoms with Crippen LogP contribution < -0.4 is 0 Å². The Bertz CT molecular complexity index is 202. The number of hydrogen-bond acceptors (Lipinski definition) is 2. The first-order valence-electron chi connectivity index (χ1n) is 8.86. The SMILES string of the molecule is CCC[CH2][Sn+]([CH2]CCC)[CH2]CCC.CCN(CC)C(=S)[S-]. The Morgan fingerprint density at radius 1 is 0.810 bits per heavy atom. The van der Waals surface area contributed by atoms with E-state index in [4.69, 9.17) is 24.8 Å². The van der Waals surface area contributed by atoms with E-state index in [2.05, 4.69) is 20.8 Å². The molecular formula is C17H37NS2Sn. The zero-order valence-electron chi connectivity index (χ0n) is 15.0. The van der Waals surface area contributed by atoms with Crippen LogP contribution in [0.2, 0.25) is 13.3 Å². The summed E-state index contributed by atoms with van der Waals surface area (Å²) < 4.78 is 5.62. The third kappa shape index (κ3) is 17.1. The third-order valence-corrected chi connectivity index (χ3v) is 13.3. The quantitative estimate of drug-likeness (QED) is 0.220. The van der Waals surface area contributed by atoms with Gasteiger partial charge < -0.3 is 29.7 Å². The van der Waals surface area contributed by atoms with Crippen LogP contribution in [0.4, 0.5) is 0 Å². The van der Waals surface area contributed by atoms with Crippen molar-refractivity contribution in [3.8, 4) is 0 Å². The van der Waals surface area contributed by atoms with Crippen molar-refractivity contribution in [2.75, 3.05) is 13.1 Å². The molecule has 0 N–H and O–H groups in total. The average Bonchev–Trinajstić information content (AvgIpc) is 2.48. The zero-order valence-corrected chi connectivity index (χ0v) is 19.5. The van der Waals surface area contributed by atoms with E-state index in [0.717, 1.165) is 13.1 Å². The average molecular weight is 438 g/mol. The Morgan fingerprint density at radius 3 is 1.29 bits per heavy atom. The van der Waals surface area contributed by atoms with Gasteiger partial charge in [0.1, 0.15) is 0 Å². The largest absolute Gasteiger partial charge is 0.411 e. The van der Waals surface area contributed by atoms with Gasteiger partial charge >= 0.3 is 92.4 Å². The van der Waals surface area contributed by atoms with Crippen molar-refractivity contribution >= 4 is 48.9 Å². The van der Waals surface area contributed by atoms with E-state index in [1.807, 2.05) is 18.7 Å².